The molecule has 0 aliphatic rings. The molecule has 15 heavy (non-hydrogen) atoms. The molecule has 0 atom stereocenters. The van der Waals surface area contributed by atoms with Crippen LogP contribution < -0.4 is 5.32 Å². The molecule has 78 valence electrons. The number of hydrogen-bond acceptors (Lipinski definition) is 4. The highest BCUT2D eigenvalue weighted by atomic mass is 79.9. The minimum atomic E-state index is 0.405. The third-order valence-electron chi connectivity index (χ3n) is 2.01. The SMILES string of the molecule is CNc1nc(C)c2cc(Br)c(Cl)nc2n1. The quantitative estimate of drug-likeness (QED) is 0.820. The maximum atomic E-state index is 5.90. The van der Waals surface area contributed by atoms with Gasteiger partial charge in [0, 0.05) is 12.4 Å². The first-order valence-corrected chi connectivity index (χ1v) is 5.47. The van der Waals surface area contributed by atoms with Crippen LogP contribution in [0.15, 0.2) is 10.5 Å². The van der Waals surface area contributed by atoms with Gasteiger partial charge in [0.2, 0.25) is 5.95 Å². The number of nitrogens with one attached hydrogen (secondary N) is 1. The molecule has 0 spiro atoms. The summed E-state index contributed by atoms with van der Waals surface area (Å²) in [6.07, 6.45) is 0. The van der Waals surface area contributed by atoms with E-state index >= 15 is 0 Å². The van der Waals surface area contributed by atoms with E-state index < -0.39 is 0 Å². The van der Waals surface area contributed by atoms with Crippen LogP contribution in [0.5, 0.6) is 0 Å². The number of pyridine rings is 1. The van der Waals surface area contributed by atoms with E-state index in [2.05, 4.69) is 36.2 Å². The van der Waals surface area contributed by atoms with Gasteiger partial charge in [-0.05, 0) is 28.9 Å². The standard InChI is InChI=1S/C9H8BrClN4/c1-4-5-3-6(10)7(11)14-8(5)15-9(12-2)13-4/h3H,1-2H3,(H,12,13,14,15). The Labute approximate surface area is 100 Å². The lowest BCUT2D eigenvalue weighted by atomic mass is 10.2. The Kier molecular flexibility index (Phi) is 2.75. The molecule has 4 nitrogen and oxygen atoms in total. The van der Waals surface area contributed by atoms with Crippen molar-refractivity contribution in [2.45, 2.75) is 6.92 Å². The van der Waals surface area contributed by atoms with Gasteiger partial charge in [0.15, 0.2) is 5.65 Å². The van der Waals surface area contributed by atoms with Crippen LogP contribution in [0.1, 0.15) is 5.69 Å². The van der Waals surface area contributed by atoms with Crippen molar-refractivity contribution in [3.63, 3.8) is 0 Å². The van der Waals surface area contributed by atoms with Crippen molar-refractivity contribution in [1.29, 1.82) is 0 Å². The van der Waals surface area contributed by atoms with Crippen molar-refractivity contribution in [2.24, 2.45) is 0 Å². The van der Waals surface area contributed by atoms with E-state index in [9.17, 15) is 0 Å². The Morgan fingerprint density at radius 2 is 2.07 bits per heavy atom. The van der Waals surface area contributed by atoms with Crippen molar-refractivity contribution in [3.8, 4) is 0 Å². The largest absolute Gasteiger partial charge is 0.357 e. The normalized spacial score (nSPS) is 10.7. The van der Waals surface area contributed by atoms with Crippen LogP contribution in [0, 0.1) is 6.92 Å². The predicted octanol–water partition coefficient (Wildman–Crippen LogP) is 2.79. The van der Waals surface area contributed by atoms with E-state index in [1.165, 1.54) is 0 Å². The van der Waals surface area contributed by atoms with Gasteiger partial charge in [0.1, 0.15) is 5.15 Å². The van der Waals surface area contributed by atoms with Gasteiger partial charge >= 0.3 is 0 Å². The predicted molar refractivity (Wildman–Crippen MR) is 64.3 cm³/mol. The Balaban J connectivity index is 2.80. The van der Waals surface area contributed by atoms with Crippen molar-refractivity contribution in [2.75, 3.05) is 12.4 Å². The number of aryl methyl sites for hydroxylation is 1. The van der Waals surface area contributed by atoms with Crippen molar-refractivity contribution < 1.29 is 0 Å². The third kappa shape index (κ3) is 1.89. The summed E-state index contributed by atoms with van der Waals surface area (Å²) in [7, 11) is 1.76. The van der Waals surface area contributed by atoms with Gasteiger partial charge in [-0.3, -0.25) is 0 Å². The molecular formula is C9H8BrClN4. The molecular weight excluding hydrogens is 279 g/mol. The van der Waals surface area contributed by atoms with Gasteiger partial charge < -0.3 is 5.32 Å². The lowest BCUT2D eigenvalue weighted by Gasteiger charge is -2.05. The van der Waals surface area contributed by atoms with Gasteiger partial charge in [0.05, 0.1) is 10.2 Å². The first kappa shape index (κ1) is 10.6. The second-order valence-corrected chi connectivity index (χ2v) is 4.23. The highest BCUT2D eigenvalue weighted by molar-refractivity contribution is 9.10. The number of aromatic nitrogens is 3. The molecule has 6 heteroatoms. The van der Waals surface area contributed by atoms with Crippen LogP contribution in [-0.4, -0.2) is 22.0 Å². The lowest BCUT2D eigenvalue weighted by Crippen LogP contribution is -2.00. The molecule has 0 fully saturated rings. The molecule has 1 N–H and O–H groups in total. The molecule has 0 saturated heterocycles. The molecule has 0 unspecified atom stereocenters. The number of hydrogen-bond donors (Lipinski definition) is 1. The molecule has 2 rings (SSSR count). The number of nitrogens with zero attached hydrogens (tertiary/aromatic N) is 3. The number of rotatable bonds is 1. The van der Waals surface area contributed by atoms with Gasteiger partial charge in [-0.1, -0.05) is 11.6 Å². The molecule has 0 amide bonds. The van der Waals surface area contributed by atoms with Crippen LogP contribution in [0.25, 0.3) is 11.0 Å². The first-order chi connectivity index (χ1) is 7.11. The number of anilines is 1. The molecule has 0 bridgehead atoms. The minimum Gasteiger partial charge on any atom is -0.357 e. The Bertz CT molecular complexity index is 529. The van der Waals surface area contributed by atoms with Crippen LogP contribution in [0.2, 0.25) is 5.15 Å². The monoisotopic (exact) mass is 286 g/mol. The summed E-state index contributed by atoms with van der Waals surface area (Å²) in [6, 6.07) is 1.87. The number of fused-ring (bicyclic) bond motifs is 1. The molecule has 0 aromatic carbocycles. The van der Waals surface area contributed by atoms with Crippen LogP contribution in [0.3, 0.4) is 0 Å². The molecule has 0 aliphatic carbocycles. The fourth-order valence-electron chi connectivity index (χ4n) is 1.27. The van der Waals surface area contributed by atoms with E-state index in [1.807, 2.05) is 13.0 Å². The van der Waals surface area contributed by atoms with Gasteiger partial charge in [-0.15, -0.1) is 0 Å². The van der Waals surface area contributed by atoms with Crippen LogP contribution in [-0.2, 0) is 0 Å². The lowest BCUT2D eigenvalue weighted by molar-refractivity contribution is 1.11. The maximum absolute atomic E-state index is 5.90. The number of halogens is 2. The van der Waals surface area contributed by atoms with Gasteiger partial charge in [-0.25, -0.2) is 9.97 Å². The summed E-state index contributed by atoms with van der Waals surface area (Å²) in [5.41, 5.74) is 1.47. The second kappa shape index (κ2) is 3.90. The zero-order valence-corrected chi connectivity index (χ0v) is 10.5. The van der Waals surface area contributed by atoms with Crippen LogP contribution in [0.4, 0.5) is 5.95 Å². The smallest absolute Gasteiger partial charge is 0.224 e. The van der Waals surface area contributed by atoms with E-state index in [-0.39, 0.29) is 0 Å². The second-order valence-electron chi connectivity index (χ2n) is 3.01. The fourth-order valence-corrected chi connectivity index (χ4v) is 1.72. The Morgan fingerprint density at radius 1 is 1.33 bits per heavy atom. The van der Waals surface area contributed by atoms with E-state index in [0.29, 0.717) is 16.7 Å². The van der Waals surface area contributed by atoms with Crippen LogP contribution >= 0.6 is 27.5 Å². The van der Waals surface area contributed by atoms with Gasteiger partial charge in [0.25, 0.3) is 0 Å². The average Bonchev–Trinajstić information content (AvgIpc) is 2.21. The average molecular weight is 288 g/mol. The highest BCUT2D eigenvalue weighted by Gasteiger charge is 2.08. The van der Waals surface area contributed by atoms with Crippen molar-refractivity contribution in [1.82, 2.24) is 15.0 Å². The van der Waals surface area contributed by atoms with Crippen molar-refractivity contribution >= 4 is 44.5 Å². The Hall–Kier alpha value is -0.940. The third-order valence-corrected chi connectivity index (χ3v) is 3.13. The van der Waals surface area contributed by atoms with Crippen molar-refractivity contribution in [3.05, 3.63) is 21.4 Å². The summed E-state index contributed by atoms with van der Waals surface area (Å²) >= 11 is 9.22. The zero-order valence-electron chi connectivity index (χ0n) is 8.17. The molecule has 0 aliphatic heterocycles. The van der Waals surface area contributed by atoms with E-state index in [0.717, 1.165) is 15.6 Å². The fraction of sp³-hybridized carbons (Fsp3) is 0.222. The topological polar surface area (TPSA) is 50.7 Å². The van der Waals surface area contributed by atoms with E-state index in [4.69, 9.17) is 11.6 Å². The highest BCUT2D eigenvalue weighted by Crippen LogP contribution is 2.25. The molecule has 2 heterocycles. The maximum Gasteiger partial charge on any atom is 0.224 e. The minimum absolute atomic E-state index is 0.405. The Morgan fingerprint density at radius 3 is 2.73 bits per heavy atom. The molecule has 2 aromatic rings. The molecule has 0 radical (unpaired) electrons. The summed E-state index contributed by atoms with van der Waals surface area (Å²) in [6.45, 7) is 1.91. The molecule has 2 aromatic heterocycles. The summed E-state index contributed by atoms with van der Waals surface area (Å²) in [4.78, 5) is 12.7. The summed E-state index contributed by atoms with van der Waals surface area (Å²) in [5, 5.41) is 4.18. The van der Waals surface area contributed by atoms with E-state index in [1.54, 1.807) is 7.05 Å². The zero-order chi connectivity index (χ0) is 11.0. The summed E-state index contributed by atoms with van der Waals surface area (Å²) < 4.78 is 0.751. The first-order valence-electron chi connectivity index (χ1n) is 4.30. The summed E-state index contributed by atoms with van der Waals surface area (Å²) in [5.74, 6) is 0.547. The van der Waals surface area contributed by atoms with Gasteiger partial charge in [-0.2, -0.15) is 4.98 Å². The molecule has 0 saturated carbocycles.